The maximum absolute atomic E-state index is 13.2. The van der Waals surface area contributed by atoms with Crippen molar-refractivity contribution in [2.45, 2.75) is 31.9 Å². The Morgan fingerprint density at radius 1 is 1.34 bits per heavy atom. The Kier molecular flexibility index (Phi) is 5.45. The number of carbonyl (C=O) groups is 3. The topological polar surface area (TPSA) is 69.9 Å². The zero-order valence-corrected chi connectivity index (χ0v) is 17.4. The lowest BCUT2D eigenvalue weighted by Crippen LogP contribution is -2.57. The molecule has 8 heteroatoms. The van der Waals surface area contributed by atoms with Crippen molar-refractivity contribution in [2.75, 3.05) is 31.1 Å². The van der Waals surface area contributed by atoms with Gasteiger partial charge in [-0.2, -0.15) is 14.3 Å². The Morgan fingerprint density at radius 3 is 2.97 bits per heavy atom. The fraction of sp³-hybridized carbons (Fsp3) is 0.429. The molecule has 0 aliphatic carbocycles. The molecule has 3 heterocycles. The van der Waals surface area contributed by atoms with Gasteiger partial charge in [0.2, 0.25) is 0 Å². The number of imide groups is 1. The Hall–Kier alpha value is -2.61. The van der Waals surface area contributed by atoms with Gasteiger partial charge in [-0.1, -0.05) is 19.4 Å². The molecule has 7 nitrogen and oxygen atoms in total. The largest absolute Gasteiger partial charge is 0.501 e. The van der Waals surface area contributed by atoms with E-state index in [1.54, 1.807) is 11.0 Å². The summed E-state index contributed by atoms with van der Waals surface area (Å²) < 4.78 is 7.13. The van der Waals surface area contributed by atoms with Crippen LogP contribution >= 0.6 is 11.8 Å². The summed E-state index contributed by atoms with van der Waals surface area (Å²) >= 11 is 1.38. The van der Waals surface area contributed by atoms with Gasteiger partial charge in [-0.25, -0.2) is 4.79 Å². The summed E-state index contributed by atoms with van der Waals surface area (Å²) in [6.45, 7) is 5.10. The maximum Gasteiger partial charge on any atom is 0.501 e. The molecule has 1 aromatic carbocycles. The minimum atomic E-state index is -0.448. The molecule has 152 valence electrons. The summed E-state index contributed by atoms with van der Waals surface area (Å²) in [5.41, 5.74) is 2.35. The van der Waals surface area contributed by atoms with Gasteiger partial charge in [0, 0.05) is 0 Å². The molecular weight excluding hydrogens is 390 g/mol. The molecule has 4 rings (SSSR count). The molecule has 0 radical (unpaired) electrons. The SMILES string of the molecule is CCCCN1C(=O)C2SC=CC2=[N+](CC(=O)N2CCOc3ccc(C)cc32)C1=O. The third-order valence-electron chi connectivity index (χ3n) is 5.29. The Morgan fingerprint density at radius 2 is 2.17 bits per heavy atom. The van der Waals surface area contributed by atoms with Crippen molar-refractivity contribution in [3.63, 3.8) is 0 Å². The normalized spacial score (nSPS) is 20.7. The van der Waals surface area contributed by atoms with Crippen LogP contribution < -0.4 is 9.64 Å². The number of ether oxygens (including phenoxy) is 1. The van der Waals surface area contributed by atoms with Crippen molar-refractivity contribution in [1.29, 1.82) is 0 Å². The van der Waals surface area contributed by atoms with Gasteiger partial charge < -0.3 is 9.64 Å². The summed E-state index contributed by atoms with van der Waals surface area (Å²) in [6, 6.07) is 5.32. The average Bonchev–Trinajstić information content (AvgIpc) is 3.20. The summed E-state index contributed by atoms with van der Waals surface area (Å²) in [6.07, 6.45) is 3.40. The smallest absolute Gasteiger partial charge is 0.490 e. The van der Waals surface area contributed by atoms with Crippen LogP contribution in [0.1, 0.15) is 25.3 Å². The number of fused-ring (bicyclic) bond motifs is 2. The Labute approximate surface area is 174 Å². The molecule has 0 aromatic heterocycles. The molecule has 1 aromatic rings. The van der Waals surface area contributed by atoms with Gasteiger partial charge in [0.1, 0.15) is 18.1 Å². The van der Waals surface area contributed by atoms with Crippen LogP contribution in [0.5, 0.6) is 5.75 Å². The van der Waals surface area contributed by atoms with E-state index in [9.17, 15) is 14.4 Å². The van der Waals surface area contributed by atoms with E-state index >= 15 is 0 Å². The van der Waals surface area contributed by atoms with E-state index < -0.39 is 11.3 Å². The number of aryl methyl sites for hydroxylation is 1. The summed E-state index contributed by atoms with van der Waals surface area (Å²) in [5, 5.41) is 1.37. The first-order valence-electron chi connectivity index (χ1n) is 9.86. The van der Waals surface area contributed by atoms with Crippen LogP contribution in [-0.2, 0) is 9.59 Å². The highest BCUT2D eigenvalue weighted by molar-refractivity contribution is 8.04. The van der Waals surface area contributed by atoms with Crippen molar-refractivity contribution in [2.24, 2.45) is 0 Å². The number of anilines is 1. The highest BCUT2D eigenvalue weighted by atomic mass is 32.2. The molecule has 3 aliphatic rings. The molecule has 3 aliphatic heterocycles. The molecule has 0 N–H and O–H groups in total. The molecule has 0 bridgehead atoms. The van der Waals surface area contributed by atoms with Crippen LogP contribution in [0.3, 0.4) is 0 Å². The van der Waals surface area contributed by atoms with E-state index in [4.69, 9.17) is 4.74 Å². The summed E-state index contributed by atoms with van der Waals surface area (Å²) in [7, 11) is 0. The van der Waals surface area contributed by atoms with E-state index in [1.807, 2.05) is 37.5 Å². The summed E-state index contributed by atoms with van der Waals surface area (Å²) in [4.78, 5) is 42.0. The summed E-state index contributed by atoms with van der Waals surface area (Å²) in [5.74, 6) is 0.293. The average molecular weight is 415 g/mol. The van der Waals surface area contributed by atoms with Crippen LogP contribution in [0.15, 0.2) is 29.7 Å². The Balaban J connectivity index is 1.63. The van der Waals surface area contributed by atoms with Crippen LogP contribution in [-0.4, -0.2) is 64.5 Å². The quantitative estimate of drug-likeness (QED) is 0.693. The number of hydrogen-bond acceptors (Lipinski definition) is 5. The van der Waals surface area contributed by atoms with Gasteiger partial charge in [0.05, 0.1) is 18.8 Å². The lowest BCUT2D eigenvalue weighted by molar-refractivity contribution is -0.426. The lowest BCUT2D eigenvalue weighted by atomic mass is 10.1. The maximum atomic E-state index is 13.2. The van der Waals surface area contributed by atoms with Crippen molar-refractivity contribution in [3.05, 3.63) is 35.2 Å². The third-order valence-corrected chi connectivity index (χ3v) is 6.30. The van der Waals surface area contributed by atoms with Crippen LogP contribution in [0.4, 0.5) is 10.5 Å². The van der Waals surface area contributed by atoms with Crippen LogP contribution in [0.25, 0.3) is 0 Å². The van der Waals surface area contributed by atoms with Crippen LogP contribution in [0, 0.1) is 6.92 Å². The molecule has 29 heavy (non-hydrogen) atoms. The fourth-order valence-electron chi connectivity index (χ4n) is 3.74. The molecule has 4 amide bonds. The van der Waals surface area contributed by atoms with Crippen molar-refractivity contribution in [1.82, 2.24) is 4.90 Å². The number of unbranched alkanes of at least 4 members (excludes halogenated alkanes) is 1. The minimum absolute atomic E-state index is 0.0984. The van der Waals surface area contributed by atoms with E-state index in [1.165, 1.54) is 21.2 Å². The number of nitrogens with zero attached hydrogens (tertiary/aromatic N) is 3. The fourth-order valence-corrected chi connectivity index (χ4v) is 4.71. The van der Waals surface area contributed by atoms with Crippen molar-refractivity contribution >= 4 is 41.0 Å². The van der Waals surface area contributed by atoms with Crippen LogP contribution in [0.2, 0.25) is 0 Å². The predicted octanol–water partition coefficient (Wildman–Crippen LogP) is 2.57. The number of rotatable bonds is 5. The monoisotopic (exact) mass is 414 g/mol. The number of amides is 4. The molecule has 1 atom stereocenters. The zero-order valence-electron chi connectivity index (χ0n) is 16.6. The molecule has 0 spiro atoms. The molecule has 1 unspecified atom stereocenters. The zero-order chi connectivity index (χ0) is 20.5. The van der Waals surface area contributed by atoms with Gasteiger partial charge in [0.25, 0.3) is 5.91 Å². The molecular formula is C21H24N3O4S+. The highest BCUT2D eigenvalue weighted by Gasteiger charge is 2.49. The predicted molar refractivity (Wildman–Crippen MR) is 112 cm³/mol. The number of hydrogen-bond donors (Lipinski definition) is 0. The number of benzene rings is 1. The first-order valence-corrected chi connectivity index (χ1v) is 10.8. The Bertz CT molecular complexity index is 940. The number of carbonyl (C=O) groups excluding carboxylic acids is 3. The van der Waals surface area contributed by atoms with E-state index in [2.05, 4.69) is 0 Å². The van der Waals surface area contributed by atoms with E-state index in [0.717, 1.165) is 24.1 Å². The number of thioether (sulfide) groups is 1. The second-order valence-corrected chi connectivity index (χ2v) is 8.34. The standard InChI is InChI=1S/C21H24N3O4S/c1-3-4-8-23-20(26)19-15(7-11-29-19)24(21(23)27)13-18(25)22-9-10-28-17-6-5-14(2)12-16(17)22/h5-7,11-12,19H,3-4,8-10,13H2,1-2H3/q+1. The van der Waals surface area contributed by atoms with Crippen molar-refractivity contribution < 1.29 is 23.7 Å². The lowest BCUT2D eigenvalue weighted by Gasteiger charge is -2.30. The van der Waals surface area contributed by atoms with Gasteiger partial charge in [-0.3, -0.25) is 4.79 Å². The third kappa shape index (κ3) is 3.57. The first kappa shape index (κ1) is 19.7. The van der Waals surface area contributed by atoms with Gasteiger partial charge in [0.15, 0.2) is 11.8 Å². The number of allylic oxidation sites excluding steroid dienone is 1. The van der Waals surface area contributed by atoms with E-state index in [0.29, 0.717) is 31.2 Å². The molecule has 0 fully saturated rings. The molecule has 0 saturated carbocycles. The highest BCUT2D eigenvalue weighted by Crippen LogP contribution is 2.33. The van der Waals surface area contributed by atoms with Gasteiger partial charge in [-0.05, 0) is 42.5 Å². The first-order chi connectivity index (χ1) is 14.0. The van der Waals surface area contributed by atoms with Crippen molar-refractivity contribution in [3.8, 4) is 5.75 Å². The van der Waals surface area contributed by atoms with Gasteiger partial charge >= 0.3 is 11.9 Å². The second-order valence-electron chi connectivity index (χ2n) is 7.32. The van der Waals surface area contributed by atoms with E-state index in [-0.39, 0.29) is 18.4 Å². The molecule has 0 saturated heterocycles. The number of urea groups is 1. The second kappa shape index (κ2) is 8.02. The minimum Gasteiger partial charge on any atom is -0.490 e. The van der Waals surface area contributed by atoms with Gasteiger partial charge in [-0.15, -0.1) is 11.8 Å².